The SMILES string of the molecule is C=C(C)C(=O)C(O)CCCCC(=O)OC. The average Bonchev–Trinajstić information content (AvgIpc) is 2.22. The summed E-state index contributed by atoms with van der Waals surface area (Å²) < 4.78 is 4.46. The zero-order valence-corrected chi connectivity index (χ0v) is 9.28. The van der Waals surface area contributed by atoms with Crippen LogP contribution in [0.1, 0.15) is 32.6 Å². The third-order valence-electron chi connectivity index (χ3n) is 2.06. The Morgan fingerprint density at radius 1 is 1.40 bits per heavy atom. The molecule has 0 spiro atoms. The number of ether oxygens (including phenoxy) is 1. The maximum absolute atomic E-state index is 11.2. The van der Waals surface area contributed by atoms with E-state index in [9.17, 15) is 14.7 Å². The van der Waals surface area contributed by atoms with E-state index in [0.29, 0.717) is 31.3 Å². The van der Waals surface area contributed by atoms with E-state index in [1.54, 1.807) is 6.92 Å². The maximum Gasteiger partial charge on any atom is 0.305 e. The molecule has 0 radical (unpaired) electrons. The number of hydrogen-bond acceptors (Lipinski definition) is 4. The fourth-order valence-corrected chi connectivity index (χ4v) is 1.12. The van der Waals surface area contributed by atoms with Gasteiger partial charge in [0.2, 0.25) is 0 Å². The van der Waals surface area contributed by atoms with E-state index in [2.05, 4.69) is 11.3 Å². The molecule has 1 N–H and O–H groups in total. The van der Waals surface area contributed by atoms with Crippen molar-refractivity contribution in [1.29, 1.82) is 0 Å². The molecule has 0 saturated carbocycles. The Balaban J connectivity index is 3.64. The molecule has 0 aliphatic carbocycles. The number of carbonyl (C=O) groups is 2. The largest absolute Gasteiger partial charge is 0.469 e. The minimum Gasteiger partial charge on any atom is -0.469 e. The zero-order chi connectivity index (χ0) is 11.8. The number of hydrogen-bond donors (Lipinski definition) is 1. The summed E-state index contributed by atoms with van der Waals surface area (Å²) in [6.45, 7) is 5.03. The first-order valence-electron chi connectivity index (χ1n) is 4.93. The highest BCUT2D eigenvalue weighted by atomic mass is 16.5. The highest BCUT2D eigenvalue weighted by Gasteiger charge is 2.14. The lowest BCUT2D eigenvalue weighted by Gasteiger charge is -2.08. The Bertz CT molecular complexity index is 245. The first-order valence-corrected chi connectivity index (χ1v) is 4.93. The fourth-order valence-electron chi connectivity index (χ4n) is 1.12. The molecule has 0 aliphatic heterocycles. The highest BCUT2D eigenvalue weighted by Crippen LogP contribution is 2.08. The minimum absolute atomic E-state index is 0.268. The van der Waals surface area contributed by atoms with E-state index in [-0.39, 0.29) is 11.8 Å². The van der Waals surface area contributed by atoms with E-state index in [4.69, 9.17) is 0 Å². The third kappa shape index (κ3) is 6.01. The van der Waals surface area contributed by atoms with Gasteiger partial charge in [0.05, 0.1) is 7.11 Å². The Hall–Kier alpha value is -1.16. The van der Waals surface area contributed by atoms with Crippen molar-refractivity contribution in [2.24, 2.45) is 0 Å². The Kier molecular flexibility index (Phi) is 6.62. The Morgan fingerprint density at radius 3 is 2.47 bits per heavy atom. The van der Waals surface area contributed by atoms with Crippen LogP contribution in [-0.2, 0) is 14.3 Å². The zero-order valence-electron chi connectivity index (χ0n) is 9.28. The summed E-state index contributed by atoms with van der Waals surface area (Å²) in [5, 5.41) is 9.38. The molecule has 0 aromatic heterocycles. The predicted molar refractivity (Wildman–Crippen MR) is 56.3 cm³/mol. The van der Waals surface area contributed by atoms with Gasteiger partial charge in [-0.2, -0.15) is 0 Å². The molecule has 4 heteroatoms. The monoisotopic (exact) mass is 214 g/mol. The number of Topliss-reactive ketones (excluding diaryl/α,β-unsaturated/α-hetero) is 1. The van der Waals surface area contributed by atoms with Gasteiger partial charge in [0.15, 0.2) is 5.78 Å². The summed E-state index contributed by atoms with van der Waals surface area (Å²) in [4.78, 5) is 21.9. The van der Waals surface area contributed by atoms with Crippen LogP contribution in [-0.4, -0.2) is 30.1 Å². The third-order valence-corrected chi connectivity index (χ3v) is 2.06. The summed E-state index contributed by atoms with van der Waals surface area (Å²) in [6, 6.07) is 0. The van der Waals surface area contributed by atoms with Crippen LogP contribution >= 0.6 is 0 Å². The van der Waals surface area contributed by atoms with Gasteiger partial charge in [-0.05, 0) is 31.8 Å². The quantitative estimate of drug-likeness (QED) is 0.393. The molecule has 0 fully saturated rings. The van der Waals surface area contributed by atoms with Crippen LogP contribution in [0.15, 0.2) is 12.2 Å². The molecule has 0 amide bonds. The van der Waals surface area contributed by atoms with E-state index in [1.807, 2.05) is 0 Å². The van der Waals surface area contributed by atoms with E-state index < -0.39 is 6.10 Å². The van der Waals surface area contributed by atoms with Crippen molar-refractivity contribution in [1.82, 2.24) is 0 Å². The average molecular weight is 214 g/mol. The predicted octanol–water partition coefficient (Wildman–Crippen LogP) is 1.23. The second-order valence-electron chi connectivity index (χ2n) is 3.48. The number of aliphatic hydroxyl groups is 1. The number of ketones is 1. The van der Waals surface area contributed by atoms with Crippen LogP contribution < -0.4 is 0 Å². The lowest BCUT2D eigenvalue weighted by molar-refractivity contribution is -0.140. The van der Waals surface area contributed by atoms with Crippen LogP contribution in [0.4, 0.5) is 0 Å². The first kappa shape index (κ1) is 13.8. The van der Waals surface area contributed by atoms with Gasteiger partial charge in [-0.15, -0.1) is 0 Å². The van der Waals surface area contributed by atoms with E-state index >= 15 is 0 Å². The number of esters is 1. The number of unbranched alkanes of at least 4 members (excludes halogenated alkanes) is 1. The van der Waals surface area contributed by atoms with Crippen molar-refractivity contribution < 1.29 is 19.4 Å². The molecule has 0 rings (SSSR count). The molecule has 0 aliphatic rings. The van der Waals surface area contributed by atoms with Gasteiger partial charge in [-0.1, -0.05) is 6.58 Å². The molecule has 86 valence electrons. The Labute approximate surface area is 89.9 Å². The maximum atomic E-state index is 11.2. The number of rotatable bonds is 7. The molecule has 4 nitrogen and oxygen atoms in total. The number of aliphatic hydroxyl groups excluding tert-OH is 1. The second kappa shape index (κ2) is 7.17. The van der Waals surface area contributed by atoms with Crippen molar-refractivity contribution in [3.63, 3.8) is 0 Å². The standard InChI is InChI=1S/C11H18O4/c1-8(2)11(14)9(12)6-4-5-7-10(13)15-3/h9,12H,1,4-7H2,2-3H3. The molecule has 1 atom stereocenters. The van der Waals surface area contributed by atoms with Crippen LogP contribution in [0.5, 0.6) is 0 Å². The topological polar surface area (TPSA) is 63.6 Å². The number of methoxy groups -OCH3 is 1. The van der Waals surface area contributed by atoms with Crippen molar-refractivity contribution in [2.75, 3.05) is 7.11 Å². The lowest BCUT2D eigenvalue weighted by Crippen LogP contribution is -2.20. The van der Waals surface area contributed by atoms with Crippen molar-refractivity contribution in [2.45, 2.75) is 38.7 Å². The first-order chi connectivity index (χ1) is 6.99. The molecule has 0 aromatic carbocycles. The summed E-state index contributed by atoms with van der Waals surface area (Å²) >= 11 is 0. The van der Waals surface area contributed by atoms with Crippen molar-refractivity contribution in [3.05, 3.63) is 12.2 Å². The Morgan fingerprint density at radius 2 is 2.00 bits per heavy atom. The normalized spacial score (nSPS) is 11.9. The van der Waals surface area contributed by atoms with Crippen molar-refractivity contribution >= 4 is 11.8 Å². The van der Waals surface area contributed by atoms with Gasteiger partial charge >= 0.3 is 5.97 Å². The fraction of sp³-hybridized carbons (Fsp3) is 0.636. The molecule has 1 unspecified atom stereocenters. The summed E-state index contributed by atoms with van der Waals surface area (Å²) in [5.41, 5.74) is 0.357. The van der Waals surface area contributed by atoms with E-state index in [1.165, 1.54) is 7.11 Å². The van der Waals surface area contributed by atoms with Gasteiger partial charge < -0.3 is 9.84 Å². The molecule has 0 heterocycles. The molecule has 0 saturated heterocycles. The minimum atomic E-state index is -0.986. The van der Waals surface area contributed by atoms with Gasteiger partial charge in [-0.25, -0.2) is 0 Å². The lowest BCUT2D eigenvalue weighted by atomic mass is 10.0. The van der Waals surface area contributed by atoms with Crippen LogP contribution in [0.3, 0.4) is 0 Å². The molecule has 0 aromatic rings. The van der Waals surface area contributed by atoms with Gasteiger partial charge in [0.1, 0.15) is 6.10 Å². The van der Waals surface area contributed by atoms with Crippen LogP contribution in [0.25, 0.3) is 0 Å². The highest BCUT2D eigenvalue weighted by molar-refractivity contribution is 5.97. The molecular formula is C11H18O4. The molecule has 0 bridgehead atoms. The van der Waals surface area contributed by atoms with Crippen molar-refractivity contribution in [3.8, 4) is 0 Å². The summed E-state index contributed by atoms with van der Waals surface area (Å²) in [7, 11) is 1.34. The summed E-state index contributed by atoms with van der Waals surface area (Å²) in [5.74, 6) is -0.594. The summed E-state index contributed by atoms with van der Waals surface area (Å²) in [6.07, 6.45) is 0.940. The van der Waals surface area contributed by atoms with Gasteiger partial charge in [-0.3, -0.25) is 9.59 Å². The van der Waals surface area contributed by atoms with Gasteiger partial charge in [0, 0.05) is 6.42 Å². The smallest absolute Gasteiger partial charge is 0.305 e. The van der Waals surface area contributed by atoms with Crippen LogP contribution in [0.2, 0.25) is 0 Å². The number of carbonyl (C=O) groups excluding carboxylic acids is 2. The van der Waals surface area contributed by atoms with Gasteiger partial charge in [0.25, 0.3) is 0 Å². The molecular weight excluding hydrogens is 196 g/mol. The van der Waals surface area contributed by atoms with E-state index in [0.717, 1.165) is 0 Å². The van der Waals surface area contributed by atoms with Crippen LogP contribution in [0, 0.1) is 0 Å². The second-order valence-corrected chi connectivity index (χ2v) is 3.48. The molecule has 15 heavy (non-hydrogen) atoms.